The molecule has 0 aliphatic carbocycles. The highest BCUT2D eigenvalue weighted by molar-refractivity contribution is 6.03. The molecule has 0 unspecified atom stereocenters. The summed E-state index contributed by atoms with van der Waals surface area (Å²) >= 11 is 0. The van der Waals surface area contributed by atoms with E-state index in [4.69, 9.17) is 4.42 Å². The highest BCUT2D eigenvalue weighted by Crippen LogP contribution is 2.27. The molecule has 0 radical (unpaired) electrons. The van der Waals surface area contributed by atoms with Gasteiger partial charge in [0.15, 0.2) is 5.76 Å². The van der Waals surface area contributed by atoms with Crippen LogP contribution in [0.25, 0.3) is 0 Å². The maximum absolute atomic E-state index is 13.1. The Morgan fingerprint density at radius 3 is 2.32 bits per heavy atom. The van der Waals surface area contributed by atoms with E-state index in [-0.39, 0.29) is 11.3 Å². The first-order valence-electron chi connectivity index (χ1n) is 9.83. The number of aryl methyl sites for hydroxylation is 1. The van der Waals surface area contributed by atoms with Crippen molar-refractivity contribution in [2.24, 2.45) is 5.10 Å². The fraction of sp³-hybridized carbons (Fsp3) is 0.174. The minimum absolute atomic E-state index is 0.120. The zero-order valence-corrected chi connectivity index (χ0v) is 17.9. The molecule has 0 saturated heterocycles. The lowest BCUT2D eigenvalue weighted by molar-refractivity contribution is -0.253. The minimum Gasteiger partial charge on any atom is -0.456 e. The molecule has 11 heteroatoms. The maximum atomic E-state index is 13.1. The first-order valence-corrected chi connectivity index (χ1v) is 9.83. The Hall–Kier alpha value is -4.15. The highest BCUT2D eigenvalue weighted by atomic mass is 19.3. The van der Waals surface area contributed by atoms with E-state index in [1.165, 1.54) is 12.1 Å². The van der Waals surface area contributed by atoms with Crippen LogP contribution in [0.2, 0.25) is 0 Å². The van der Waals surface area contributed by atoms with Crippen LogP contribution in [-0.4, -0.2) is 30.1 Å². The van der Waals surface area contributed by atoms with Crippen LogP contribution in [0, 0.1) is 6.92 Å². The molecule has 3 aromatic rings. The quantitative estimate of drug-likeness (QED) is 0.264. The van der Waals surface area contributed by atoms with Gasteiger partial charge >= 0.3 is 12.5 Å². The van der Waals surface area contributed by atoms with Gasteiger partial charge in [-0.15, -0.1) is 0 Å². The van der Waals surface area contributed by atoms with Gasteiger partial charge in [-0.25, -0.2) is 5.43 Å². The molecule has 0 atom stereocenters. The number of hydrogen-bond acceptors (Lipinski definition) is 5. The van der Waals surface area contributed by atoms with Gasteiger partial charge < -0.3 is 14.5 Å². The summed E-state index contributed by atoms with van der Waals surface area (Å²) in [5.41, 5.74) is 3.68. The number of ether oxygens (including phenoxy) is 1. The Bertz CT molecular complexity index is 1210. The molecule has 0 saturated carbocycles. The predicted molar refractivity (Wildman–Crippen MR) is 116 cm³/mol. The van der Waals surface area contributed by atoms with Crippen LogP contribution in [-0.2, 0) is 0 Å². The Kier molecular flexibility index (Phi) is 7.34. The average molecular weight is 477 g/mol. The third kappa shape index (κ3) is 6.21. The Morgan fingerprint density at radius 1 is 1.00 bits per heavy atom. The highest BCUT2D eigenvalue weighted by Gasteiger charge is 2.44. The normalized spacial score (nSPS) is 11.9. The largest absolute Gasteiger partial charge is 0.461 e. The fourth-order valence-electron chi connectivity index (χ4n) is 2.71. The third-order valence-electron chi connectivity index (χ3n) is 4.45. The lowest BCUT2D eigenvalue weighted by atomic mass is 10.1. The van der Waals surface area contributed by atoms with Crippen molar-refractivity contribution in [1.29, 1.82) is 0 Å². The molecule has 34 heavy (non-hydrogen) atoms. The molecular weight excluding hydrogens is 458 g/mol. The molecule has 0 aliphatic rings. The molecule has 7 nitrogen and oxygen atoms in total. The Labute approximate surface area is 191 Å². The SMILES string of the molecule is CC(=NNC(=O)c1cccc(OC(F)(F)C(F)F)c1)c1ccc(NC(=O)c2ccc(C)o2)cc1. The second kappa shape index (κ2) is 10.2. The maximum Gasteiger partial charge on any atom is 0.461 e. The van der Waals surface area contributed by atoms with E-state index < -0.39 is 30.1 Å². The molecule has 0 spiro atoms. The van der Waals surface area contributed by atoms with Crippen molar-refractivity contribution in [1.82, 2.24) is 5.43 Å². The van der Waals surface area contributed by atoms with E-state index in [0.717, 1.165) is 12.1 Å². The van der Waals surface area contributed by atoms with E-state index in [2.05, 4.69) is 20.6 Å². The number of carbonyl (C=O) groups is 2. The summed E-state index contributed by atoms with van der Waals surface area (Å²) in [6.07, 6.45) is -8.71. The van der Waals surface area contributed by atoms with E-state index in [0.29, 0.717) is 22.7 Å². The molecule has 0 aliphatic heterocycles. The number of nitrogens with zero attached hydrogens (tertiary/aromatic N) is 1. The first kappa shape index (κ1) is 24.5. The number of hydrazone groups is 1. The van der Waals surface area contributed by atoms with Crippen LogP contribution in [0.5, 0.6) is 5.75 Å². The summed E-state index contributed by atoms with van der Waals surface area (Å²) in [6.45, 7) is 3.34. The lowest BCUT2D eigenvalue weighted by Gasteiger charge is -2.17. The van der Waals surface area contributed by atoms with Gasteiger partial charge in [0.1, 0.15) is 11.5 Å². The molecule has 178 valence electrons. The number of hydrogen-bond donors (Lipinski definition) is 2. The van der Waals surface area contributed by atoms with E-state index in [9.17, 15) is 27.2 Å². The van der Waals surface area contributed by atoms with Gasteiger partial charge in [0.2, 0.25) is 0 Å². The van der Waals surface area contributed by atoms with Crippen LogP contribution in [0.1, 0.15) is 39.2 Å². The monoisotopic (exact) mass is 477 g/mol. The number of nitrogens with one attached hydrogen (secondary N) is 2. The van der Waals surface area contributed by atoms with Crippen molar-refractivity contribution >= 4 is 23.2 Å². The van der Waals surface area contributed by atoms with Gasteiger partial charge in [-0.2, -0.15) is 22.7 Å². The van der Waals surface area contributed by atoms with E-state index in [1.807, 2.05) is 0 Å². The molecular formula is C23H19F4N3O4. The number of amides is 2. The summed E-state index contributed by atoms with van der Waals surface area (Å²) in [7, 11) is 0. The number of anilines is 1. The van der Waals surface area contributed by atoms with Gasteiger partial charge in [0.05, 0.1) is 5.71 Å². The van der Waals surface area contributed by atoms with Gasteiger partial charge in [-0.1, -0.05) is 18.2 Å². The number of furan rings is 1. The van der Waals surface area contributed by atoms with Crippen molar-refractivity contribution in [3.05, 3.63) is 83.3 Å². The number of alkyl halides is 4. The topological polar surface area (TPSA) is 92.9 Å². The number of rotatable bonds is 8. The third-order valence-corrected chi connectivity index (χ3v) is 4.45. The van der Waals surface area contributed by atoms with Gasteiger partial charge in [-0.3, -0.25) is 9.59 Å². The molecule has 2 N–H and O–H groups in total. The number of carbonyl (C=O) groups excluding carboxylic acids is 2. The van der Waals surface area contributed by atoms with E-state index in [1.54, 1.807) is 50.2 Å². The van der Waals surface area contributed by atoms with E-state index >= 15 is 0 Å². The summed E-state index contributed by atoms with van der Waals surface area (Å²) in [5.74, 6) is -0.978. The Morgan fingerprint density at radius 2 is 1.71 bits per heavy atom. The molecule has 0 bridgehead atoms. The minimum atomic E-state index is -4.69. The molecule has 2 amide bonds. The van der Waals surface area contributed by atoms with Crippen LogP contribution in [0.15, 0.2) is 70.2 Å². The smallest absolute Gasteiger partial charge is 0.456 e. The van der Waals surface area contributed by atoms with Crippen molar-refractivity contribution in [2.45, 2.75) is 26.4 Å². The summed E-state index contributed by atoms with van der Waals surface area (Å²) in [4.78, 5) is 24.4. The zero-order valence-electron chi connectivity index (χ0n) is 17.9. The lowest BCUT2D eigenvalue weighted by Crippen LogP contribution is -2.33. The fourth-order valence-corrected chi connectivity index (χ4v) is 2.71. The average Bonchev–Trinajstić information content (AvgIpc) is 3.24. The summed E-state index contributed by atoms with van der Waals surface area (Å²) < 4.78 is 60.0. The van der Waals surface area contributed by atoms with Crippen LogP contribution in [0.3, 0.4) is 0 Å². The number of halogens is 4. The molecule has 1 heterocycles. The van der Waals surface area contributed by atoms with Crippen LogP contribution >= 0.6 is 0 Å². The molecule has 1 aromatic heterocycles. The second-order valence-electron chi connectivity index (χ2n) is 7.07. The van der Waals surface area contributed by atoms with Crippen LogP contribution < -0.4 is 15.5 Å². The standard InChI is InChI=1S/C23H19F4N3O4/c1-13-6-11-19(33-13)21(32)28-17-9-7-15(8-10-17)14(2)29-30-20(31)16-4-3-5-18(12-16)34-23(26,27)22(24)25/h3-12,22H,1-2H3,(H,28,32)(H,30,31). The summed E-state index contributed by atoms with van der Waals surface area (Å²) in [5, 5.41) is 6.63. The summed E-state index contributed by atoms with van der Waals surface area (Å²) in [6, 6.07) is 14.2. The van der Waals surface area contributed by atoms with Gasteiger partial charge in [0.25, 0.3) is 11.8 Å². The van der Waals surface area contributed by atoms with Crippen molar-refractivity contribution in [3.63, 3.8) is 0 Å². The Balaban J connectivity index is 1.62. The second-order valence-corrected chi connectivity index (χ2v) is 7.07. The number of benzene rings is 2. The molecule has 3 rings (SSSR count). The van der Waals surface area contributed by atoms with Gasteiger partial charge in [-0.05, 0) is 61.9 Å². The van der Waals surface area contributed by atoms with Crippen LogP contribution in [0.4, 0.5) is 23.2 Å². The zero-order chi connectivity index (χ0) is 24.9. The molecule has 0 fully saturated rings. The van der Waals surface area contributed by atoms with Crippen molar-refractivity contribution in [3.8, 4) is 5.75 Å². The van der Waals surface area contributed by atoms with Gasteiger partial charge in [0, 0.05) is 11.3 Å². The van der Waals surface area contributed by atoms with Crippen molar-refractivity contribution in [2.75, 3.05) is 5.32 Å². The first-order chi connectivity index (χ1) is 16.0. The predicted octanol–water partition coefficient (Wildman–Crippen LogP) is 5.23. The molecule has 2 aromatic carbocycles. The van der Waals surface area contributed by atoms with Crippen molar-refractivity contribution < 1.29 is 36.3 Å².